The van der Waals surface area contributed by atoms with Crippen molar-refractivity contribution in [3.8, 4) is 0 Å². The summed E-state index contributed by atoms with van der Waals surface area (Å²) in [5, 5.41) is 3.46. The van der Waals surface area contributed by atoms with Gasteiger partial charge in [0.25, 0.3) is 0 Å². The summed E-state index contributed by atoms with van der Waals surface area (Å²) in [5.74, 6) is 0.958. The lowest BCUT2D eigenvalue weighted by molar-refractivity contribution is 0.491. The highest BCUT2D eigenvalue weighted by molar-refractivity contribution is 9.10. The topological polar surface area (TPSA) is 38.0 Å². The maximum absolute atomic E-state index is 5.74. The van der Waals surface area contributed by atoms with Crippen LogP contribution in [0, 0.1) is 5.92 Å². The first kappa shape index (κ1) is 14.8. The summed E-state index contributed by atoms with van der Waals surface area (Å²) in [6.45, 7) is 0.989. The van der Waals surface area contributed by atoms with Crippen LogP contribution in [0.2, 0.25) is 0 Å². The van der Waals surface area contributed by atoms with E-state index in [-0.39, 0.29) is 0 Å². The van der Waals surface area contributed by atoms with Crippen molar-refractivity contribution in [3.63, 3.8) is 0 Å². The van der Waals surface area contributed by atoms with Gasteiger partial charge in [-0.1, -0.05) is 53.8 Å². The molecular formula is C15H21BrN2S. The third kappa shape index (κ3) is 4.46. The highest BCUT2D eigenvalue weighted by Gasteiger charge is 2.14. The third-order valence-electron chi connectivity index (χ3n) is 3.83. The summed E-state index contributed by atoms with van der Waals surface area (Å²) in [7, 11) is 0. The van der Waals surface area contributed by atoms with E-state index in [0.717, 1.165) is 28.2 Å². The van der Waals surface area contributed by atoms with E-state index >= 15 is 0 Å². The summed E-state index contributed by atoms with van der Waals surface area (Å²) in [5.41, 5.74) is 7.71. The zero-order valence-corrected chi connectivity index (χ0v) is 13.5. The summed E-state index contributed by atoms with van der Waals surface area (Å²) >= 11 is 8.57. The van der Waals surface area contributed by atoms with Crippen LogP contribution in [0.5, 0.6) is 0 Å². The molecule has 1 aliphatic rings. The van der Waals surface area contributed by atoms with Crippen molar-refractivity contribution in [1.29, 1.82) is 0 Å². The van der Waals surface area contributed by atoms with Gasteiger partial charge in [-0.3, -0.25) is 0 Å². The molecule has 0 unspecified atom stereocenters. The second-order valence-electron chi connectivity index (χ2n) is 5.27. The molecular weight excluding hydrogens is 320 g/mol. The van der Waals surface area contributed by atoms with E-state index in [1.165, 1.54) is 38.5 Å². The lowest BCUT2D eigenvalue weighted by Crippen LogP contribution is -2.14. The smallest absolute Gasteiger partial charge is 0.106 e. The average molecular weight is 341 g/mol. The second kappa shape index (κ2) is 7.25. The molecule has 0 aromatic heterocycles. The molecule has 0 bridgehead atoms. The third-order valence-corrected chi connectivity index (χ3v) is 4.54. The summed E-state index contributed by atoms with van der Waals surface area (Å²) in [6.07, 6.45) is 8.26. The van der Waals surface area contributed by atoms with E-state index in [0.29, 0.717) is 4.99 Å². The summed E-state index contributed by atoms with van der Waals surface area (Å²) in [4.78, 5) is 0.450. The minimum atomic E-state index is 0.450. The number of nitrogens with one attached hydrogen (secondary N) is 1. The Labute approximate surface area is 129 Å². The zero-order chi connectivity index (χ0) is 13.7. The van der Waals surface area contributed by atoms with Crippen molar-refractivity contribution >= 4 is 38.8 Å². The van der Waals surface area contributed by atoms with Gasteiger partial charge in [-0.15, -0.1) is 0 Å². The Kier molecular flexibility index (Phi) is 5.64. The predicted octanol–water partition coefficient (Wildman–Crippen LogP) is 4.47. The lowest BCUT2D eigenvalue weighted by atomic mass is 10.0. The number of rotatable bonds is 6. The maximum atomic E-state index is 5.74. The van der Waals surface area contributed by atoms with Crippen LogP contribution >= 0.6 is 28.1 Å². The molecule has 2 rings (SSSR count). The van der Waals surface area contributed by atoms with Gasteiger partial charge in [0.15, 0.2) is 0 Å². The van der Waals surface area contributed by atoms with Crippen molar-refractivity contribution in [3.05, 3.63) is 28.2 Å². The second-order valence-corrected chi connectivity index (χ2v) is 6.63. The van der Waals surface area contributed by atoms with Crippen LogP contribution in [-0.2, 0) is 0 Å². The number of nitrogens with two attached hydrogens (primary N) is 1. The molecule has 1 aromatic rings. The number of hydrogen-bond acceptors (Lipinski definition) is 2. The highest BCUT2D eigenvalue weighted by Crippen LogP contribution is 2.28. The SMILES string of the molecule is NC(=S)c1ccc(Br)cc1NCCCC1CCCC1. The maximum Gasteiger partial charge on any atom is 0.106 e. The molecule has 0 amide bonds. The first-order valence-electron chi connectivity index (χ1n) is 7.00. The molecule has 0 atom stereocenters. The first-order chi connectivity index (χ1) is 9.16. The quantitative estimate of drug-likeness (QED) is 0.592. The van der Waals surface area contributed by atoms with Crippen molar-refractivity contribution in [2.45, 2.75) is 38.5 Å². The molecule has 0 radical (unpaired) electrons. The molecule has 0 heterocycles. The van der Waals surface area contributed by atoms with Crippen molar-refractivity contribution in [1.82, 2.24) is 0 Å². The summed E-state index contributed by atoms with van der Waals surface area (Å²) < 4.78 is 1.05. The van der Waals surface area contributed by atoms with Crippen molar-refractivity contribution in [2.24, 2.45) is 11.7 Å². The molecule has 1 aliphatic carbocycles. The Morgan fingerprint density at radius 2 is 2.11 bits per heavy atom. The predicted molar refractivity (Wildman–Crippen MR) is 89.7 cm³/mol. The summed E-state index contributed by atoms with van der Waals surface area (Å²) in [6, 6.07) is 5.98. The lowest BCUT2D eigenvalue weighted by Gasteiger charge is -2.13. The minimum absolute atomic E-state index is 0.450. The van der Waals surface area contributed by atoms with Crippen molar-refractivity contribution in [2.75, 3.05) is 11.9 Å². The molecule has 0 spiro atoms. The van der Waals surface area contributed by atoms with Crippen LogP contribution in [0.25, 0.3) is 0 Å². The van der Waals surface area contributed by atoms with Gasteiger partial charge in [0.05, 0.1) is 0 Å². The monoisotopic (exact) mass is 340 g/mol. The van der Waals surface area contributed by atoms with Gasteiger partial charge in [-0.25, -0.2) is 0 Å². The Morgan fingerprint density at radius 1 is 1.37 bits per heavy atom. The van der Waals surface area contributed by atoms with E-state index in [1.54, 1.807) is 0 Å². The van der Waals surface area contributed by atoms with E-state index in [2.05, 4.69) is 21.2 Å². The molecule has 0 aliphatic heterocycles. The molecule has 19 heavy (non-hydrogen) atoms. The fourth-order valence-corrected chi connectivity index (χ4v) is 3.33. The Hall–Kier alpha value is -0.610. The number of anilines is 1. The number of halogens is 1. The van der Waals surface area contributed by atoms with Gasteiger partial charge < -0.3 is 11.1 Å². The van der Waals surface area contributed by atoms with Gasteiger partial charge in [0, 0.05) is 22.3 Å². The van der Waals surface area contributed by atoms with Crippen LogP contribution in [-0.4, -0.2) is 11.5 Å². The molecule has 0 saturated heterocycles. The van der Waals surface area contributed by atoms with Gasteiger partial charge in [0.1, 0.15) is 4.99 Å². The van der Waals surface area contributed by atoms with Crippen LogP contribution in [0.4, 0.5) is 5.69 Å². The van der Waals surface area contributed by atoms with E-state index in [1.807, 2.05) is 18.2 Å². The normalized spacial score (nSPS) is 15.6. The number of benzene rings is 1. The van der Waals surface area contributed by atoms with Crippen molar-refractivity contribution < 1.29 is 0 Å². The highest BCUT2D eigenvalue weighted by atomic mass is 79.9. The van der Waals surface area contributed by atoms with Gasteiger partial charge >= 0.3 is 0 Å². The largest absolute Gasteiger partial charge is 0.389 e. The fraction of sp³-hybridized carbons (Fsp3) is 0.533. The minimum Gasteiger partial charge on any atom is -0.389 e. The zero-order valence-electron chi connectivity index (χ0n) is 11.1. The molecule has 3 N–H and O–H groups in total. The molecule has 1 saturated carbocycles. The first-order valence-corrected chi connectivity index (χ1v) is 8.20. The molecule has 1 aromatic carbocycles. The Balaban J connectivity index is 1.84. The van der Waals surface area contributed by atoms with Crippen LogP contribution in [0.15, 0.2) is 22.7 Å². The van der Waals surface area contributed by atoms with E-state index in [9.17, 15) is 0 Å². The van der Waals surface area contributed by atoms with Gasteiger partial charge in [-0.2, -0.15) is 0 Å². The Bertz CT molecular complexity index is 442. The molecule has 104 valence electrons. The van der Waals surface area contributed by atoms with E-state index < -0.39 is 0 Å². The van der Waals surface area contributed by atoms with Crippen LogP contribution < -0.4 is 11.1 Å². The number of hydrogen-bond donors (Lipinski definition) is 2. The molecule has 4 heteroatoms. The standard InChI is InChI=1S/C15H21BrN2S/c16-12-7-8-13(15(17)19)14(10-12)18-9-3-6-11-4-1-2-5-11/h7-8,10-11,18H,1-6,9H2,(H2,17,19). The van der Waals surface area contributed by atoms with Crippen LogP contribution in [0.3, 0.4) is 0 Å². The average Bonchev–Trinajstić information content (AvgIpc) is 2.87. The number of thiocarbonyl (C=S) groups is 1. The molecule has 1 fully saturated rings. The van der Waals surface area contributed by atoms with Gasteiger partial charge in [-0.05, 0) is 37.0 Å². The van der Waals surface area contributed by atoms with E-state index in [4.69, 9.17) is 18.0 Å². The van der Waals surface area contributed by atoms with Crippen LogP contribution in [0.1, 0.15) is 44.1 Å². The van der Waals surface area contributed by atoms with Gasteiger partial charge in [0.2, 0.25) is 0 Å². The molecule has 2 nitrogen and oxygen atoms in total. The fourth-order valence-electron chi connectivity index (χ4n) is 2.79. The Morgan fingerprint density at radius 3 is 2.79 bits per heavy atom.